The lowest BCUT2D eigenvalue weighted by Gasteiger charge is -2.31. The van der Waals surface area contributed by atoms with Crippen LogP contribution in [0, 0.1) is 11.8 Å². The van der Waals surface area contributed by atoms with Crippen molar-refractivity contribution in [2.45, 2.75) is 13.3 Å². The maximum atomic E-state index is 11.8. The highest BCUT2D eigenvalue weighted by Crippen LogP contribution is 2.17. The van der Waals surface area contributed by atoms with Crippen LogP contribution >= 0.6 is 0 Å². The molecule has 2 rings (SSSR count). The van der Waals surface area contributed by atoms with Gasteiger partial charge in [-0.1, -0.05) is 6.92 Å². The molecule has 6 heteroatoms. The average molecular weight is 209 g/mol. The van der Waals surface area contributed by atoms with E-state index in [1.807, 2.05) is 6.92 Å². The molecule has 0 amide bonds. The number of aryl methyl sites for hydroxylation is 1. The number of hydrogen-bond donors (Lipinski definition) is 1. The summed E-state index contributed by atoms with van der Waals surface area (Å²) in [6, 6.07) is 0. The molecule has 1 saturated heterocycles. The van der Waals surface area contributed by atoms with Crippen molar-refractivity contribution >= 4 is 5.78 Å². The number of tetrazole rings is 1. The summed E-state index contributed by atoms with van der Waals surface area (Å²) in [7, 11) is 1.69. The van der Waals surface area contributed by atoms with Gasteiger partial charge in [0.15, 0.2) is 5.82 Å². The van der Waals surface area contributed by atoms with Crippen LogP contribution in [-0.2, 0) is 18.3 Å². The minimum Gasteiger partial charge on any atom is -0.316 e. The molecule has 6 nitrogen and oxygen atoms in total. The van der Waals surface area contributed by atoms with Crippen LogP contribution in [0.3, 0.4) is 0 Å². The molecule has 1 aliphatic rings. The number of carbonyl (C=O) groups excluding carboxylic acids is 1. The Labute approximate surface area is 88.0 Å². The normalized spacial score (nSPS) is 18.5. The first kappa shape index (κ1) is 10.2. The number of rotatable bonds is 4. The van der Waals surface area contributed by atoms with Gasteiger partial charge in [-0.15, -0.1) is 10.2 Å². The Balaban J connectivity index is 1.91. The molecule has 0 aliphatic carbocycles. The average Bonchev–Trinajstić information content (AvgIpc) is 2.48. The Hall–Kier alpha value is -1.30. The van der Waals surface area contributed by atoms with Gasteiger partial charge in [-0.05, 0) is 24.2 Å². The molecule has 0 radical (unpaired) electrons. The first-order chi connectivity index (χ1) is 7.16. The molecule has 1 aliphatic heterocycles. The van der Waals surface area contributed by atoms with Crippen molar-refractivity contribution < 1.29 is 4.79 Å². The molecule has 1 atom stereocenters. The largest absolute Gasteiger partial charge is 0.316 e. The first-order valence-corrected chi connectivity index (χ1v) is 5.13. The summed E-state index contributed by atoms with van der Waals surface area (Å²) in [5, 5.41) is 14.7. The number of Topliss-reactive ketones (excluding diaryl/α,β-unsaturated/α-hetero) is 1. The summed E-state index contributed by atoms with van der Waals surface area (Å²) in [5.41, 5.74) is 0. The van der Waals surface area contributed by atoms with Crippen molar-refractivity contribution in [1.29, 1.82) is 0 Å². The van der Waals surface area contributed by atoms with E-state index < -0.39 is 0 Å². The maximum absolute atomic E-state index is 11.8. The van der Waals surface area contributed by atoms with Crippen molar-refractivity contribution in [2.75, 3.05) is 13.1 Å². The molecule has 0 spiro atoms. The highest BCUT2D eigenvalue weighted by Gasteiger charge is 2.29. The number of nitrogens with zero attached hydrogens (tertiary/aromatic N) is 4. The molecule has 82 valence electrons. The van der Waals surface area contributed by atoms with Gasteiger partial charge in [0.05, 0.1) is 13.5 Å². The predicted molar refractivity (Wildman–Crippen MR) is 53.0 cm³/mol. The van der Waals surface area contributed by atoms with E-state index in [2.05, 4.69) is 20.7 Å². The van der Waals surface area contributed by atoms with E-state index in [1.54, 1.807) is 7.05 Å². The molecule has 1 unspecified atom stereocenters. The zero-order valence-corrected chi connectivity index (χ0v) is 8.97. The zero-order chi connectivity index (χ0) is 10.8. The fraction of sp³-hybridized carbons (Fsp3) is 0.778. The summed E-state index contributed by atoms with van der Waals surface area (Å²) in [6.07, 6.45) is 0.297. The van der Waals surface area contributed by atoms with Crippen LogP contribution in [0.1, 0.15) is 12.7 Å². The Kier molecular flexibility index (Phi) is 2.77. The van der Waals surface area contributed by atoms with Crippen LogP contribution in [-0.4, -0.2) is 39.1 Å². The van der Waals surface area contributed by atoms with Gasteiger partial charge in [0.25, 0.3) is 0 Å². The van der Waals surface area contributed by atoms with E-state index in [4.69, 9.17) is 0 Å². The van der Waals surface area contributed by atoms with Crippen LogP contribution in [0.5, 0.6) is 0 Å². The van der Waals surface area contributed by atoms with Crippen LogP contribution in [0.2, 0.25) is 0 Å². The summed E-state index contributed by atoms with van der Waals surface area (Å²) in [6.45, 7) is 3.87. The fourth-order valence-electron chi connectivity index (χ4n) is 1.64. The third-order valence-corrected chi connectivity index (χ3v) is 2.91. The van der Waals surface area contributed by atoms with Crippen molar-refractivity contribution in [2.24, 2.45) is 18.9 Å². The van der Waals surface area contributed by atoms with Crippen molar-refractivity contribution in [3.05, 3.63) is 5.82 Å². The van der Waals surface area contributed by atoms with Gasteiger partial charge in [0.2, 0.25) is 0 Å². The third kappa shape index (κ3) is 2.20. The summed E-state index contributed by atoms with van der Waals surface area (Å²) in [5.74, 6) is 1.29. The molecule has 1 aromatic heterocycles. The number of hydrogen-bond acceptors (Lipinski definition) is 5. The highest BCUT2D eigenvalue weighted by atomic mass is 16.1. The van der Waals surface area contributed by atoms with Crippen LogP contribution in [0.15, 0.2) is 0 Å². The second kappa shape index (κ2) is 4.06. The van der Waals surface area contributed by atoms with E-state index >= 15 is 0 Å². The molecule has 0 aromatic carbocycles. The molecule has 15 heavy (non-hydrogen) atoms. The van der Waals surface area contributed by atoms with E-state index in [9.17, 15) is 4.79 Å². The molecule has 1 fully saturated rings. The number of aromatic nitrogens is 4. The van der Waals surface area contributed by atoms with Gasteiger partial charge < -0.3 is 5.32 Å². The smallest absolute Gasteiger partial charge is 0.182 e. The molecule has 0 saturated carbocycles. The fourth-order valence-corrected chi connectivity index (χ4v) is 1.64. The molecule has 1 N–H and O–H groups in total. The SMILES string of the molecule is CC(C(=O)Cc1nnn(C)n1)C1CNC1. The van der Waals surface area contributed by atoms with Gasteiger partial charge >= 0.3 is 0 Å². The predicted octanol–water partition coefficient (Wildman–Crippen LogP) is -0.823. The molecular weight excluding hydrogens is 194 g/mol. The first-order valence-electron chi connectivity index (χ1n) is 5.13. The van der Waals surface area contributed by atoms with Gasteiger partial charge in [0.1, 0.15) is 5.78 Å². The maximum Gasteiger partial charge on any atom is 0.182 e. The summed E-state index contributed by atoms with van der Waals surface area (Å²) < 4.78 is 0. The zero-order valence-electron chi connectivity index (χ0n) is 8.97. The quantitative estimate of drug-likeness (QED) is 0.701. The Bertz CT molecular complexity index is 357. The molecule has 1 aromatic rings. The van der Waals surface area contributed by atoms with Crippen LogP contribution < -0.4 is 5.32 Å². The monoisotopic (exact) mass is 209 g/mol. The van der Waals surface area contributed by atoms with Crippen molar-refractivity contribution in [1.82, 2.24) is 25.5 Å². The standard InChI is InChI=1S/C9H15N5O/c1-6(7-4-10-5-7)8(15)3-9-11-13-14(2)12-9/h6-7,10H,3-5H2,1-2H3. The number of ketones is 1. The van der Waals surface area contributed by atoms with Crippen LogP contribution in [0.4, 0.5) is 0 Å². The van der Waals surface area contributed by atoms with Gasteiger partial charge in [-0.2, -0.15) is 4.80 Å². The Morgan fingerprint density at radius 3 is 2.87 bits per heavy atom. The molecular formula is C9H15N5O. The van der Waals surface area contributed by atoms with Crippen LogP contribution in [0.25, 0.3) is 0 Å². The van der Waals surface area contributed by atoms with Gasteiger partial charge in [-0.25, -0.2) is 0 Å². The summed E-state index contributed by atoms with van der Waals surface area (Å²) >= 11 is 0. The lowest BCUT2D eigenvalue weighted by atomic mass is 9.85. The topological polar surface area (TPSA) is 72.7 Å². The van der Waals surface area contributed by atoms with Gasteiger partial charge in [-0.3, -0.25) is 4.79 Å². The lowest BCUT2D eigenvalue weighted by molar-refractivity contribution is -0.124. The second-order valence-corrected chi connectivity index (χ2v) is 4.05. The van der Waals surface area contributed by atoms with E-state index in [-0.39, 0.29) is 11.7 Å². The van der Waals surface area contributed by atoms with Gasteiger partial charge in [0, 0.05) is 5.92 Å². The third-order valence-electron chi connectivity index (χ3n) is 2.91. The van der Waals surface area contributed by atoms with E-state index in [1.165, 1.54) is 4.80 Å². The number of nitrogens with one attached hydrogen (secondary N) is 1. The Morgan fingerprint density at radius 2 is 2.40 bits per heavy atom. The number of carbonyl (C=O) groups is 1. The van der Waals surface area contributed by atoms with E-state index in [0.717, 1.165) is 13.1 Å². The summed E-state index contributed by atoms with van der Waals surface area (Å²) in [4.78, 5) is 13.2. The Morgan fingerprint density at radius 1 is 1.67 bits per heavy atom. The minimum atomic E-state index is 0.0926. The highest BCUT2D eigenvalue weighted by molar-refractivity contribution is 5.82. The lowest BCUT2D eigenvalue weighted by Crippen LogP contribution is -2.47. The van der Waals surface area contributed by atoms with Crippen molar-refractivity contribution in [3.8, 4) is 0 Å². The van der Waals surface area contributed by atoms with Crippen molar-refractivity contribution in [3.63, 3.8) is 0 Å². The van der Waals surface area contributed by atoms with E-state index in [0.29, 0.717) is 18.2 Å². The molecule has 2 heterocycles. The minimum absolute atomic E-state index is 0.0926. The second-order valence-electron chi connectivity index (χ2n) is 4.05. The molecule has 0 bridgehead atoms.